The van der Waals surface area contributed by atoms with Gasteiger partial charge in [0, 0.05) is 27.1 Å². The van der Waals surface area contributed by atoms with Gasteiger partial charge in [-0.2, -0.15) is 5.10 Å². The summed E-state index contributed by atoms with van der Waals surface area (Å²) in [6.45, 7) is 12.6. The third kappa shape index (κ3) is 7.62. The zero-order valence-electron chi connectivity index (χ0n) is 23.9. The van der Waals surface area contributed by atoms with Gasteiger partial charge in [-0.05, 0) is 128 Å². The van der Waals surface area contributed by atoms with Gasteiger partial charge in [-0.1, -0.05) is 0 Å². The highest BCUT2D eigenvalue weighted by atomic mass is 79.9. The number of aromatic nitrogens is 1. The zero-order valence-corrected chi connectivity index (χ0v) is 27.1. The number of hydrazone groups is 1. The maximum atomic E-state index is 12.6. The van der Waals surface area contributed by atoms with Crippen LogP contribution >= 0.6 is 31.9 Å². The summed E-state index contributed by atoms with van der Waals surface area (Å²) in [6.07, 6.45) is 1.52. The van der Waals surface area contributed by atoms with E-state index in [0.29, 0.717) is 44.1 Å². The fourth-order valence-electron chi connectivity index (χ4n) is 4.08. The van der Waals surface area contributed by atoms with Gasteiger partial charge in [-0.25, -0.2) is 5.43 Å². The van der Waals surface area contributed by atoms with Crippen LogP contribution in [-0.4, -0.2) is 28.9 Å². The van der Waals surface area contributed by atoms with E-state index in [9.17, 15) is 4.79 Å². The first kappa shape index (κ1) is 30.5. The molecule has 0 radical (unpaired) electrons. The summed E-state index contributed by atoms with van der Waals surface area (Å²) in [7, 11) is 0. The number of aryl methyl sites for hydroxylation is 2. The van der Waals surface area contributed by atoms with Crippen LogP contribution in [0, 0.1) is 13.8 Å². The monoisotopic (exact) mass is 685 g/mol. The summed E-state index contributed by atoms with van der Waals surface area (Å²) in [5.41, 5.74) is 6.17. The van der Waals surface area contributed by atoms with Crippen LogP contribution in [0.15, 0.2) is 73.1 Å². The number of halogens is 2. The van der Waals surface area contributed by atoms with Crippen LogP contribution in [0.3, 0.4) is 0 Å². The van der Waals surface area contributed by atoms with Crippen LogP contribution in [-0.2, 0) is 6.61 Å². The van der Waals surface area contributed by atoms with Crippen molar-refractivity contribution in [2.24, 2.45) is 5.10 Å². The molecule has 2 aromatic heterocycles. The largest absolute Gasteiger partial charge is 0.490 e. The molecule has 1 amide bonds. The molecule has 0 aliphatic heterocycles. The van der Waals surface area contributed by atoms with E-state index in [1.54, 1.807) is 18.2 Å². The smallest absolute Gasteiger partial charge is 0.307 e. The van der Waals surface area contributed by atoms with Crippen molar-refractivity contribution in [3.8, 4) is 22.9 Å². The predicted octanol–water partition coefficient (Wildman–Crippen LogP) is 8.13. The van der Waals surface area contributed by atoms with Gasteiger partial charge in [0.25, 0.3) is 0 Å². The minimum absolute atomic E-state index is 0.124. The molecule has 0 fully saturated rings. The quantitative estimate of drug-likeness (QED) is 0.134. The molecule has 0 saturated carbocycles. The first-order valence-electron chi connectivity index (χ1n) is 13.1. The van der Waals surface area contributed by atoms with Crippen molar-refractivity contribution in [3.63, 3.8) is 0 Å². The molecule has 41 heavy (non-hydrogen) atoms. The molecule has 0 spiro atoms. The highest BCUT2D eigenvalue weighted by molar-refractivity contribution is 9.13. The van der Waals surface area contributed by atoms with Crippen LogP contribution in [0.25, 0.3) is 5.69 Å². The number of benzene rings is 2. The van der Waals surface area contributed by atoms with Crippen molar-refractivity contribution in [1.82, 2.24) is 9.99 Å². The Kier molecular flexibility index (Phi) is 9.65. The van der Waals surface area contributed by atoms with E-state index in [2.05, 4.69) is 72.9 Å². The van der Waals surface area contributed by atoms with Gasteiger partial charge in [-0.3, -0.25) is 4.79 Å². The van der Waals surface area contributed by atoms with E-state index >= 15 is 0 Å². The summed E-state index contributed by atoms with van der Waals surface area (Å²) < 4.78 is 27.0. The standard InChI is InChI=1S/C31H33Br2N3O5/c1-7-38-26-16-21(27(32)28(33)29(26)41-31(4,5)6)17-34-35-30(37)25-15-14-24(40-25)18-39-23-12-10-22(11-13-23)36-19(2)8-9-20(36)3/h8-17H,7,18H2,1-6H3,(H,35,37)/b34-17+. The van der Waals surface area contributed by atoms with Crippen molar-refractivity contribution >= 4 is 44.0 Å². The van der Waals surface area contributed by atoms with E-state index in [1.165, 1.54) is 17.6 Å². The molecule has 1 N–H and O–H groups in total. The molecule has 4 rings (SSSR count). The lowest BCUT2D eigenvalue weighted by molar-refractivity contribution is 0.0923. The number of hydrogen-bond donors (Lipinski definition) is 1. The molecule has 8 nitrogen and oxygen atoms in total. The fraction of sp³-hybridized carbons (Fsp3) is 0.290. The molecular formula is C31H33Br2N3O5. The Morgan fingerprint density at radius 2 is 1.68 bits per heavy atom. The van der Waals surface area contributed by atoms with Gasteiger partial charge in [0.05, 0.1) is 17.3 Å². The Morgan fingerprint density at radius 1 is 1.00 bits per heavy atom. The first-order valence-corrected chi connectivity index (χ1v) is 14.7. The Balaban J connectivity index is 1.37. The summed E-state index contributed by atoms with van der Waals surface area (Å²) in [6, 6.07) is 17.1. The number of furan rings is 1. The molecule has 2 aromatic carbocycles. The molecule has 0 unspecified atom stereocenters. The molecule has 0 atom stereocenters. The van der Waals surface area contributed by atoms with Crippen LogP contribution in [0.5, 0.6) is 17.2 Å². The molecule has 2 heterocycles. The first-order chi connectivity index (χ1) is 19.5. The molecule has 0 saturated heterocycles. The van der Waals surface area contributed by atoms with Gasteiger partial charge < -0.3 is 23.2 Å². The maximum Gasteiger partial charge on any atom is 0.307 e. The minimum atomic E-state index is -0.484. The second kappa shape index (κ2) is 13.0. The topological polar surface area (TPSA) is 87.2 Å². The van der Waals surface area contributed by atoms with E-state index < -0.39 is 11.5 Å². The van der Waals surface area contributed by atoms with Crippen molar-refractivity contribution in [1.29, 1.82) is 0 Å². The number of ether oxygens (including phenoxy) is 3. The second-order valence-corrected chi connectivity index (χ2v) is 11.9. The average molecular weight is 687 g/mol. The number of nitrogens with one attached hydrogen (secondary N) is 1. The van der Waals surface area contributed by atoms with Gasteiger partial charge in [0.1, 0.15) is 23.7 Å². The normalized spacial score (nSPS) is 11.6. The van der Waals surface area contributed by atoms with Crippen LogP contribution in [0.2, 0.25) is 0 Å². The number of rotatable bonds is 10. The third-order valence-electron chi connectivity index (χ3n) is 5.87. The van der Waals surface area contributed by atoms with E-state index in [1.807, 2.05) is 52.0 Å². The Labute approximate surface area is 256 Å². The predicted molar refractivity (Wildman–Crippen MR) is 167 cm³/mol. The van der Waals surface area contributed by atoms with Crippen LogP contribution in [0.4, 0.5) is 0 Å². The summed E-state index contributed by atoms with van der Waals surface area (Å²) in [5, 5.41) is 4.10. The Bertz CT molecular complexity index is 1530. The highest BCUT2D eigenvalue weighted by Crippen LogP contribution is 2.44. The van der Waals surface area contributed by atoms with Gasteiger partial charge in [0.15, 0.2) is 17.3 Å². The number of amides is 1. The Hall–Kier alpha value is -3.50. The molecular weight excluding hydrogens is 654 g/mol. The van der Waals surface area contributed by atoms with Crippen LogP contribution in [0.1, 0.15) is 61.0 Å². The zero-order chi connectivity index (χ0) is 29.7. The molecule has 10 heteroatoms. The molecule has 0 aliphatic rings. The number of carbonyl (C=O) groups excluding carboxylic acids is 1. The Morgan fingerprint density at radius 3 is 2.32 bits per heavy atom. The lowest BCUT2D eigenvalue weighted by Gasteiger charge is -2.25. The van der Waals surface area contributed by atoms with Crippen molar-refractivity contribution in [2.45, 2.75) is 53.8 Å². The molecule has 0 bridgehead atoms. The fourth-order valence-corrected chi connectivity index (χ4v) is 4.98. The molecule has 4 aromatic rings. The van der Waals surface area contributed by atoms with Gasteiger partial charge in [-0.15, -0.1) is 0 Å². The SMILES string of the molecule is CCOc1cc(/C=N/NC(=O)c2ccc(COc3ccc(-n4c(C)ccc4C)cc3)o2)c(Br)c(Br)c1OC(C)(C)C. The highest BCUT2D eigenvalue weighted by Gasteiger charge is 2.22. The number of carbonyl (C=O) groups is 1. The van der Waals surface area contributed by atoms with Gasteiger partial charge >= 0.3 is 5.91 Å². The lowest BCUT2D eigenvalue weighted by Crippen LogP contribution is -2.23. The van der Waals surface area contributed by atoms with Gasteiger partial charge in [0.2, 0.25) is 0 Å². The maximum absolute atomic E-state index is 12.6. The lowest BCUT2D eigenvalue weighted by atomic mass is 10.1. The summed E-state index contributed by atoms with van der Waals surface area (Å²) in [5.74, 6) is 2.00. The third-order valence-corrected chi connectivity index (χ3v) is 8.01. The molecule has 0 aliphatic carbocycles. The van der Waals surface area contributed by atoms with Crippen LogP contribution < -0.4 is 19.6 Å². The van der Waals surface area contributed by atoms with E-state index in [0.717, 1.165) is 5.69 Å². The van der Waals surface area contributed by atoms with E-state index in [4.69, 9.17) is 18.6 Å². The van der Waals surface area contributed by atoms with Crippen molar-refractivity contribution in [3.05, 3.63) is 92.0 Å². The summed E-state index contributed by atoms with van der Waals surface area (Å²) >= 11 is 7.16. The van der Waals surface area contributed by atoms with Crippen molar-refractivity contribution in [2.75, 3.05) is 6.61 Å². The van der Waals surface area contributed by atoms with Crippen molar-refractivity contribution < 1.29 is 23.4 Å². The number of nitrogens with zero attached hydrogens (tertiary/aromatic N) is 2. The minimum Gasteiger partial charge on any atom is -0.490 e. The van der Waals surface area contributed by atoms with E-state index in [-0.39, 0.29) is 12.4 Å². The summed E-state index contributed by atoms with van der Waals surface area (Å²) in [4.78, 5) is 12.6. The number of hydrogen-bond acceptors (Lipinski definition) is 6. The molecule has 216 valence electrons. The average Bonchev–Trinajstić information content (AvgIpc) is 3.54. The second-order valence-electron chi connectivity index (χ2n) is 10.3.